The van der Waals surface area contributed by atoms with Crippen LogP contribution in [0, 0.1) is 0 Å². The number of esters is 1. The van der Waals surface area contributed by atoms with E-state index < -0.39 is 12.1 Å². The smallest absolute Gasteiger partial charge is 0.305 e. The molecule has 2 unspecified atom stereocenters. The number of carbonyl (C=O) groups is 2. The normalized spacial score (nSPS) is 12.6. The van der Waals surface area contributed by atoms with E-state index in [9.17, 15) is 19.8 Å². The molecule has 1 amide bonds. The van der Waals surface area contributed by atoms with Gasteiger partial charge < -0.3 is 20.3 Å². The van der Waals surface area contributed by atoms with Crippen molar-refractivity contribution in [2.24, 2.45) is 0 Å². The number of ether oxygens (including phenoxy) is 1. The van der Waals surface area contributed by atoms with Crippen LogP contribution < -0.4 is 5.32 Å². The first-order valence-electron chi connectivity index (χ1n) is 22.3. The number of carbonyl (C=O) groups excluding carboxylic acids is 2. The molecule has 0 radical (unpaired) electrons. The Balaban J connectivity index is 3.43. The van der Waals surface area contributed by atoms with Gasteiger partial charge in [0, 0.05) is 12.8 Å². The third-order valence-electron chi connectivity index (χ3n) is 10.4. The molecule has 298 valence electrons. The second-order valence-electron chi connectivity index (χ2n) is 15.4. The van der Waals surface area contributed by atoms with E-state index in [-0.39, 0.29) is 18.5 Å². The lowest BCUT2D eigenvalue weighted by Crippen LogP contribution is -2.45. The van der Waals surface area contributed by atoms with Crippen LogP contribution in [0.2, 0.25) is 0 Å². The molecule has 0 rings (SSSR count). The zero-order valence-corrected chi connectivity index (χ0v) is 33.6. The molecular formula is C44H87NO5. The first-order valence-corrected chi connectivity index (χ1v) is 22.3. The fourth-order valence-corrected chi connectivity index (χ4v) is 6.93. The number of amides is 1. The van der Waals surface area contributed by atoms with Gasteiger partial charge in [0.1, 0.15) is 0 Å². The third-order valence-corrected chi connectivity index (χ3v) is 10.4. The quantitative estimate of drug-likeness (QED) is 0.0434. The van der Waals surface area contributed by atoms with Crippen molar-refractivity contribution in [1.29, 1.82) is 0 Å². The Morgan fingerprint density at radius 3 is 1.22 bits per heavy atom. The average molecular weight is 710 g/mol. The SMILES string of the molecule is CCCCCCCCCCCCCC(=O)OCCCCCCCCCCCCCCCC(=O)NC(CO)C(O)CCCCCCCCCCC. The standard InChI is InChI=1S/C44H87NO5/c1-3-5-7-9-11-13-17-22-26-30-34-38-44(49)50-39-35-31-27-23-19-16-14-15-18-21-25-29-33-37-43(48)45-41(40-46)42(47)36-32-28-24-20-12-10-8-6-4-2/h41-42,46-47H,3-40H2,1-2H3,(H,45,48). The van der Waals surface area contributed by atoms with E-state index in [0.29, 0.717) is 25.9 Å². The van der Waals surface area contributed by atoms with Gasteiger partial charge in [-0.2, -0.15) is 0 Å². The summed E-state index contributed by atoms with van der Waals surface area (Å²) in [6.07, 6.45) is 42.0. The van der Waals surface area contributed by atoms with Crippen LogP contribution in [0.3, 0.4) is 0 Å². The maximum absolute atomic E-state index is 12.3. The molecule has 2 atom stereocenters. The maximum atomic E-state index is 12.3. The van der Waals surface area contributed by atoms with Crippen molar-refractivity contribution in [2.75, 3.05) is 13.2 Å². The number of nitrogens with one attached hydrogen (secondary N) is 1. The molecule has 0 aromatic heterocycles. The second-order valence-corrected chi connectivity index (χ2v) is 15.4. The van der Waals surface area contributed by atoms with Crippen LogP contribution in [-0.2, 0) is 14.3 Å². The lowest BCUT2D eigenvalue weighted by molar-refractivity contribution is -0.143. The molecule has 0 aliphatic carbocycles. The number of aliphatic hydroxyl groups is 2. The fraction of sp³-hybridized carbons (Fsp3) is 0.955. The van der Waals surface area contributed by atoms with Crippen LogP contribution in [0.15, 0.2) is 0 Å². The van der Waals surface area contributed by atoms with Crippen LogP contribution in [-0.4, -0.2) is 47.4 Å². The summed E-state index contributed by atoms with van der Waals surface area (Å²) in [6.45, 7) is 4.89. The molecule has 0 saturated carbocycles. The molecule has 0 fully saturated rings. The fourth-order valence-electron chi connectivity index (χ4n) is 6.93. The minimum atomic E-state index is -0.668. The third kappa shape index (κ3) is 36.6. The van der Waals surface area contributed by atoms with Gasteiger partial charge in [-0.1, -0.05) is 206 Å². The minimum Gasteiger partial charge on any atom is -0.466 e. The predicted octanol–water partition coefficient (Wildman–Crippen LogP) is 12.5. The summed E-state index contributed by atoms with van der Waals surface area (Å²) in [5.41, 5.74) is 0. The Bertz CT molecular complexity index is 702. The van der Waals surface area contributed by atoms with Crippen molar-refractivity contribution in [1.82, 2.24) is 5.32 Å². The number of hydrogen-bond donors (Lipinski definition) is 3. The molecule has 0 aliphatic heterocycles. The van der Waals surface area contributed by atoms with E-state index in [1.807, 2.05) is 0 Å². The Hall–Kier alpha value is -1.14. The highest BCUT2D eigenvalue weighted by Crippen LogP contribution is 2.16. The average Bonchev–Trinajstić information content (AvgIpc) is 3.11. The molecule has 6 heteroatoms. The molecule has 3 N–H and O–H groups in total. The molecule has 0 aliphatic rings. The summed E-state index contributed by atoms with van der Waals surface area (Å²) >= 11 is 0. The molecule has 0 aromatic carbocycles. The van der Waals surface area contributed by atoms with Gasteiger partial charge in [0.25, 0.3) is 0 Å². The second kappa shape index (κ2) is 40.6. The molecule has 0 heterocycles. The Kier molecular flexibility index (Phi) is 39.7. The van der Waals surface area contributed by atoms with Crippen LogP contribution in [0.4, 0.5) is 0 Å². The Morgan fingerprint density at radius 1 is 0.480 bits per heavy atom. The topological polar surface area (TPSA) is 95.9 Å². The number of aliphatic hydroxyl groups excluding tert-OH is 2. The molecule has 0 bridgehead atoms. The van der Waals surface area contributed by atoms with Crippen LogP contribution >= 0.6 is 0 Å². The van der Waals surface area contributed by atoms with E-state index in [1.165, 1.54) is 161 Å². The highest BCUT2D eigenvalue weighted by atomic mass is 16.5. The molecule has 6 nitrogen and oxygen atoms in total. The van der Waals surface area contributed by atoms with E-state index in [0.717, 1.165) is 51.4 Å². The van der Waals surface area contributed by atoms with Gasteiger partial charge in [0.05, 0.1) is 25.4 Å². The van der Waals surface area contributed by atoms with Gasteiger partial charge in [-0.25, -0.2) is 0 Å². The van der Waals surface area contributed by atoms with Gasteiger partial charge in [-0.15, -0.1) is 0 Å². The van der Waals surface area contributed by atoms with Crippen LogP contribution in [0.25, 0.3) is 0 Å². The Labute approximate surface area is 311 Å². The van der Waals surface area contributed by atoms with Gasteiger partial charge in [-0.05, 0) is 25.7 Å². The molecule has 0 saturated heterocycles. The summed E-state index contributed by atoms with van der Waals surface area (Å²) in [6, 6.07) is -0.546. The largest absolute Gasteiger partial charge is 0.466 e. The van der Waals surface area contributed by atoms with Gasteiger partial charge in [0.15, 0.2) is 0 Å². The van der Waals surface area contributed by atoms with Crippen LogP contribution in [0.5, 0.6) is 0 Å². The summed E-state index contributed by atoms with van der Waals surface area (Å²) in [4.78, 5) is 24.3. The van der Waals surface area contributed by atoms with Gasteiger partial charge in [0.2, 0.25) is 5.91 Å². The molecule has 50 heavy (non-hydrogen) atoms. The zero-order valence-electron chi connectivity index (χ0n) is 33.6. The summed E-state index contributed by atoms with van der Waals surface area (Å²) in [5, 5.41) is 23.0. The highest BCUT2D eigenvalue weighted by molar-refractivity contribution is 5.76. The summed E-state index contributed by atoms with van der Waals surface area (Å²) < 4.78 is 5.43. The maximum Gasteiger partial charge on any atom is 0.305 e. The van der Waals surface area contributed by atoms with Crippen molar-refractivity contribution < 1.29 is 24.5 Å². The van der Waals surface area contributed by atoms with Crippen molar-refractivity contribution in [3.63, 3.8) is 0 Å². The van der Waals surface area contributed by atoms with Crippen molar-refractivity contribution in [2.45, 2.75) is 257 Å². The van der Waals surface area contributed by atoms with Gasteiger partial charge >= 0.3 is 5.97 Å². The molecular weight excluding hydrogens is 622 g/mol. The predicted molar refractivity (Wildman–Crippen MR) is 214 cm³/mol. The first-order chi connectivity index (χ1) is 24.5. The van der Waals surface area contributed by atoms with E-state index in [2.05, 4.69) is 19.2 Å². The van der Waals surface area contributed by atoms with Crippen molar-refractivity contribution in [3.8, 4) is 0 Å². The lowest BCUT2D eigenvalue weighted by Gasteiger charge is -2.22. The van der Waals surface area contributed by atoms with Crippen molar-refractivity contribution >= 4 is 11.9 Å². The van der Waals surface area contributed by atoms with Crippen molar-refractivity contribution in [3.05, 3.63) is 0 Å². The zero-order chi connectivity index (χ0) is 36.6. The summed E-state index contributed by atoms with van der Waals surface area (Å²) in [5.74, 6) is -0.0561. The monoisotopic (exact) mass is 710 g/mol. The molecule has 0 aromatic rings. The van der Waals surface area contributed by atoms with E-state index in [1.54, 1.807) is 0 Å². The summed E-state index contributed by atoms with van der Waals surface area (Å²) in [7, 11) is 0. The van der Waals surface area contributed by atoms with E-state index in [4.69, 9.17) is 4.74 Å². The van der Waals surface area contributed by atoms with Crippen LogP contribution in [0.1, 0.15) is 245 Å². The highest BCUT2D eigenvalue weighted by Gasteiger charge is 2.20. The Morgan fingerprint density at radius 2 is 0.820 bits per heavy atom. The molecule has 0 spiro atoms. The number of unbranched alkanes of at least 4 members (excludes halogenated alkanes) is 30. The minimum absolute atomic E-state index is 0.00614. The number of rotatable bonds is 41. The number of hydrogen-bond acceptors (Lipinski definition) is 5. The van der Waals surface area contributed by atoms with E-state index >= 15 is 0 Å². The lowest BCUT2D eigenvalue weighted by atomic mass is 10.0. The van der Waals surface area contributed by atoms with Gasteiger partial charge in [-0.3, -0.25) is 9.59 Å². The first kappa shape index (κ1) is 48.9.